The highest BCUT2D eigenvalue weighted by Gasteiger charge is 2.34. The van der Waals surface area contributed by atoms with Crippen molar-refractivity contribution in [2.24, 2.45) is 5.92 Å². The summed E-state index contributed by atoms with van der Waals surface area (Å²) in [6, 6.07) is -0.0835. The van der Waals surface area contributed by atoms with Gasteiger partial charge in [0.25, 0.3) is 0 Å². The third kappa shape index (κ3) is 2.85. The second-order valence-electron chi connectivity index (χ2n) is 4.41. The van der Waals surface area contributed by atoms with Crippen LogP contribution in [0.1, 0.15) is 25.7 Å². The molecule has 7 heteroatoms. The third-order valence-corrected chi connectivity index (χ3v) is 3.09. The minimum atomic E-state index is -0.178. The second-order valence-corrected chi connectivity index (χ2v) is 4.41. The van der Waals surface area contributed by atoms with Crippen LogP contribution in [0.2, 0.25) is 0 Å². The maximum Gasteiger partial charge on any atom is 0.227 e. The fourth-order valence-corrected chi connectivity index (χ4v) is 2.09. The highest BCUT2D eigenvalue weighted by molar-refractivity contribution is 5.80. The molecular formula is C11H19N5O2. The molecule has 0 aromatic carbocycles. The summed E-state index contributed by atoms with van der Waals surface area (Å²) in [6.45, 7) is 5.77. The number of rotatable bonds is 5. The van der Waals surface area contributed by atoms with E-state index in [1.54, 1.807) is 0 Å². The van der Waals surface area contributed by atoms with Gasteiger partial charge in [-0.15, -0.1) is 0 Å². The van der Waals surface area contributed by atoms with Crippen LogP contribution in [-0.2, 0) is 9.53 Å². The van der Waals surface area contributed by atoms with Gasteiger partial charge in [-0.1, -0.05) is 6.92 Å². The summed E-state index contributed by atoms with van der Waals surface area (Å²) >= 11 is 0. The summed E-state index contributed by atoms with van der Waals surface area (Å²) in [6.07, 6.45) is 1.43. The van der Waals surface area contributed by atoms with Crippen molar-refractivity contribution in [3.63, 3.8) is 0 Å². The Kier molecular flexibility index (Phi) is 4.27. The van der Waals surface area contributed by atoms with E-state index in [9.17, 15) is 4.79 Å². The summed E-state index contributed by atoms with van der Waals surface area (Å²) in [5.41, 5.74) is 0. The van der Waals surface area contributed by atoms with Crippen molar-refractivity contribution in [2.75, 3.05) is 19.8 Å². The lowest BCUT2D eigenvalue weighted by atomic mass is 10.0. The largest absolute Gasteiger partial charge is 0.379 e. The predicted molar refractivity (Wildman–Crippen MR) is 64.7 cm³/mol. The maximum absolute atomic E-state index is 12.1. The molecule has 2 heterocycles. The van der Waals surface area contributed by atoms with Gasteiger partial charge in [-0.25, -0.2) is 4.98 Å². The number of H-pyrrole nitrogens is 1. The first kappa shape index (κ1) is 13.0. The van der Waals surface area contributed by atoms with Crippen molar-refractivity contribution in [3.05, 3.63) is 12.2 Å². The van der Waals surface area contributed by atoms with Crippen molar-refractivity contribution < 1.29 is 9.53 Å². The minimum absolute atomic E-state index is 0.0117. The number of ether oxygens (including phenoxy) is 1. The molecule has 3 atom stereocenters. The lowest BCUT2D eigenvalue weighted by Crippen LogP contribution is -2.44. The molecule has 0 saturated carbocycles. The average molecular weight is 253 g/mol. The number of aromatic nitrogens is 3. The van der Waals surface area contributed by atoms with E-state index >= 15 is 0 Å². The highest BCUT2D eigenvalue weighted by Crippen LogP contribution is 2.15. The van der Waals surface area contributed by atoms with Crippen LogP contribution in [0.5, 0.6) is 0 Å². The quantitative estimate of drug-likeness (QED) is 0.664. The van der Waals surface area contributed by atoms with Gasteiger partial charge in [-0.2, -0.15) is 5.10 Å². The zero-order chi connectivity index (χ0) is 13.0. The van der Waals surface area contributed by atoms with Crippen LogP contribution in [0, 0.1) is 5.92 Å². The van der Waals surface area contributed by atoms with E-state index in [2.05, 4.69) is 25.8 Å². The van der Waals surface area contributed by atoms with Gasteiger partial charge in [-0.3, -0.25) is 9.89 Å². The molecule has 0 bridgehead atoms. The summed E-state index contributed by atoms with van der Waals surface area (Å²) in [5, 5.41) is 12.7. The molecule has 1 aromatic heterocycles. The van der Waals surface area contributed by atoms with Gasteiger partial charge < -0.3 is 15.4 Å². The molecule has 1 fully saturated rings. The normalized spacial score (nSPS) is 25.0. The molecule has 18 heavy (non-hydrogen) atoms. The van der Waals surface area contributed by atoms with Gasteiger partial charge in [0, 0.05) is 6.04 Å². The van der Waals surface area contributed by atoms with Gasteiger partial charge in [-0.05, 0) is 13.5 Å². The first-order valence-electron chi connectivity index (χ1n) is 6.19. The van der Waals surface area contributed by atoms with Crippen LogP contribution in [-0.4, -0.2) is 46.9 Å². The van der Waals surface area contributed by atoms with Crippen molar-refractivity contribution in [2.45, 2.75) is 25.9 Å². The molecule has 3 N–H and O–H groups in total. The number of hydrogen-bond donors (Lipinski definition) is 3. The van der Waals surface area contributed by atoms with E-state index in [0.717, 1.165) is 6.54 Å². The van der Waals surface area contributed by atoms with Crippen LogP contribution < -0.4 is 10.6 Å². The summed E-state index contributed by atoms with van der Waals surface area (Å²) in [7, 11) is 0. The van der Waals surface area contributed by atoms with Crippen LogP contribution in [0.4, 0.5) is 0 Å². The smallest absolute Gasteiger partial charge is 0.227 e. The number of carbonyl (C=O) groups excluding carboxylic acids is 1. The predicted octanol–water partition coefficient (Wildman–Crippen LogP) is -0.394. The third-order valence-electron chi connectivity index (χ3n) is 3.09. The molecule has 0 spiro atoms. The lowest BCUT2D eigenvalue weighted by molar-refractivity contribution is -0.126. The van der Waals surface area contributed by atoms with Crippen LogP contribution in [0.15, 0.2) is 6.33 Å². The summed E-state index contributed by atoms with van der Waals surface area (Å²) < 4.78 is 5.36. The van der Waals surface area contributed by atoms with E-state index in [1.807, 2.05) is 13.8 Å². The second kappa shape index (κ2) is 5.92. The van der Waals surface area contributed by atoms with E-state index in [0.29, 0.717) is 19.0 Å². The average Bonchev–Trinajstić information content (AvgIpc) is 3.00. The molecule has 0 radical (unpaired) electrons. The van der Waals surface area contributed by atoms with Gasteiger partial charge in [0.2, 0.25) is 5.91 Å². The number of aromatic amines is 1. The molecule has 7 nitrogen and oxygen atoms in total. The first-order valence-corrected chi connectivity index (χ1v) is 6.19. The van der Waals surface area contributed by atoms with Crippen molar-refractivity contribution >= 4 is 5.91 Å². The Morgan fingerprint density at radius 2 is 2.50 bits per heavy atom. The number of hydrogen-bond acceptors (Lipinski definition) is 5. The Balaban J connectivity index is 1.91. The number of carbonyl (C=O) groups is 1. The van der Waals surface area contributed by atoms with Gasteiger partial charge in [0.1, 0.15) is 12.2 Å². The van der Waals surface area contributed by atoms with E-state index < -0.39 is 0 Å². The van der Waals surface area contributed by atoms with Crippen molar-refractivity contribution in [3.8, 4) is 0 Å². The maximum atomic E-state index is 12.1. The Bertz CT molecular complexity index is 381. The number of nitrogens with one attached hydrogen (secondary N) is 3. The fraction of sp³-hybridized carbons (Fsp3) is 0.727. The molecule has 1 saturated heterocycles. The minimum Gasteiger partial charge on any atom is -0.379 e. The molecule has 1 amide bonds. The molecule has 3 unspecified atom stereocenters. The van der Waals surface area contributed by atoms with Gasteiger partial charge in [0.15, 0.2) is 0 Å². The first-order chi connectivity index (χ1) is 8.72. The Labute approximate surface area is 106 Å². The molecule has 1 aliphatic rings. The van der Waals surface area contributed by atoms with Crippen molar-refractivity contribution in [1.29, 1.82) is 0 Å². The number of likely N-dealkylation sites (N-methyl/N-ethyl adjacent to an activating group) is 1. The number of amides is 1. The van der Waals surface area contributed by atoms with Crippen LogP contribution in [0.25, 0.3) is 0 Å². The Hall–Kier alpha value is -1.47. The fourth-order valence-electron chi connectivity index (χ4n) is 2.09. The van der Waals surface area contributed by atoms with Gasteiger partial charge >= 0.3 is 0 Å². The van der Waals surface area contributed by atoms with Gasteiger partial charge in [0.05, 0.1) is 25.2 Å². The summed E-state index contributed by atoms with van der Waals surface area (Å²) in [4.78, 5) is 16.2. The van der Waals surface area contributed by atoms with E-state index in [-0.39, 0.29) is 23.9 Å². The zero-order valence-electron chi connectivity index (χ0n) is 10.6. The Morgan fingerprint density at radius 1 is 1.67 bits per heavy atom. The lowest BCUT2D eigenvalue weighted by Gasteiger charge is -2.19. The molecule has 1 aliphatic heterocycles. The molecule has 0 aliphatic carbocycles. The molecule has 2 rings (SSSR count). The van der Waals surface area contributed by atoms with E-state index in [1.165, 1.54) is 6.33 Å². The van der Waals surface area contributed by atoms with Crippen molar-refractivity contribution in [1.82, 2.24) is 25.8 Å². The highest BCUT2D eigenvalue weighted by atomic mass is 16.5. The van der Waals surface area contributed by atoms with Crippen LogP contribution >= 0.6 is 0 Å². The Morgan fingerprint density at radius 3 is 3.17 bits per heavy atom. The number of nitrogens with zero attached hydrogens (tertiary/aromatic N) is 2. The molecular weight excluding hydrogens is 234 g/mol. The monoisotopic (exact) mass is 253 g/mol. The topological polar surface area (TPSA) is 91.9 Å². The SMILES string of the molecule is CCNC1COCC1C(=O)NC(C)c1ncn[nH]1. The summed E-state index contributed by atoms with van der Waals surface area (Å²) in [5.74, 6) is 0.500. The molecule has 1 aromatic rings. The molecule has 100 valence electrons. The van der Waals surface area contributed by atoms with E-state index in [4.69, 9.17) is 4.74 Å². The standard InChI is InChI=1S/C11H19N5O2/c1-3-12-9-5-18-4-8(9)11(17)15-7(2)10-13-6-14-16-10/h6-9,12H,3-5H2,1-2H3,(H,15,17)(H,13,14,16). The van der Waals surface area contributed by atoms with Crippen LogP contribution in [0.3, 0.4) is 0 Å². The zero-order valence-corrected chi connectivity index (χ0v) is 10.6.